The van der Waals surface area contributed by atoms with Gasteiger partial charge in [-0.3, -0.25) is 10.1 Å². The third-order valence-electron chi connectivity index (χ3n) is 3.45. The predicted molar refractivity (Wildman–Crippen MR) is 76.3 cm³/mol. The van der Waals surface area contributed by atoms with Crippen molar-refractivity contribution in [1.29, 1.82) is 0 Å². The summed E-state index contributed by atoms with van der Waals surface area (Å²) in [5.74, 6) is 0.489. The maximum atomic E-state index is 10.8. The van der Waals surface area contributed by atoms with E-state index >= 15 is 0 Å². The summed E-state index contributed by atoms with van der Waals surface area (Å²) in [6, 6.07) is 4.88. The molecule has 110 valence electrons. The van der Waals surface area contributed by atoms with Crippen LogP contribution < -0.4 is 10.1 Å². The molecule has 1 fully saturated rings. The van der Waals surface area contributed by atoms with E-state index in [1.165, 1.54) is 19.2 Å². The van der Waals surface area contributed by atoms with Crippen molar-refractivity contribution in [2.45, 2.75) is 38.3 Å². The topological polar surface area (TPSA) is 73.6 Å². The largest absolute Gasteiger partial charge is 0.494 e. The molecule has 0 saturated carbocycles. The van der Waals surface area contributed by atoms with Crippen molar-refractivity contribution >= 4 is 11.4 Å². The normalized spacial score (nSPS) is 21.2. The lowest BCUT2D eigenvalue weighted by molar-refractivity contribution is -0.384. The monoisotopic (exact) mass is 280 g/mol. The molecule has 0 aliphatic carbocycles. The van der Waals surface area contributed by atoms with Crippen molar-refractivity contribution in [3.05, 3.63) is 28.3 Å². The fourth-order valence-electron chi connectivity index (χ4n) is 2.49. The molecule has 1 saturated heterocycles. The minimum Gasteiger partial charge on any atom is -0.494 e. The van der Waals surface area contributed by atoms with Crippen LogP contribution in [-0.4, -0.2) is 30.3 Å². The smallest absolute Gasteiger partial charge is 0.273 e. The molecule has 0 radical (unpaired) electrons. The van der Waals surface area contributed by atoms with Gasteiger partial charge in [0.15, 0.2) is 0 Å². The predicted octanol–water partition coefficient (Wildman–Crippen LogP) is 2.97. The van der Waals surface area contributed by atoms with E-state index in [9.17, 15) is 10.1 Å². The molecule has 6 heteroatoms. The first-order valence-electron chi connectivity index (χ1n) is 6.64. The Bertz CT molecular complexity index is 502. The highest BCUT2D eigenvalue weighted by Crippen LogP contribution is 2.32. The van der Waals surface area contributed by atoms with E-state index in [0.717, 1.165) is 18.5 Å². The van der Waals surface area contributed by atoms with Gasteiger partial charge in [0.1, 0.15) is 5.75 Å². The number of nitrogens with one attached hydrogen (secondary N) is 1. The van der Waals surface area contributed by atoms with Gasteiger partial charge in [-0.15, -0.1) is 0 Å². The highest BCUT2D eigenvalue weighted by Gasteiger charge is 2.29. The van der Waals surface area contributed by atoms with Gasteiger partial charge in [0.05, 0.1) is 29.4 Å². The van der Waals surface area contributed by atoms with E-state index in [-0.39, 0.29) is 17.3 Å². The van der Waals surface area contributed by atoms with Gasteiger partial charge < -0.3 is 14.8 Å². The number of non-ortho nitro benzene ring substituents is 1. The number of benzene rings is 1. The van der Waals surface area contributed by atoms with Gasteiger partial charge in [-0.25, -0.2) is 0 Å². The molecule has 1 aromatic rings. The summed E-state index contributed by atoms with van der Waals surface area (Å²) in [5, 5.41) is 14.2. The van der Waals surface area contributed by atoms with Crippen LogP contribution in [0.25, 0.3) is 0 Å². The Hall–Kier alpha value is -1.82. The van der Waals surface area contributed by atoms with E-state index in [0.29, 0.717) is 12.4 Å². The first kappa shape index (κ1) is 14.6. The number of hydrogen-bond donors (Lipinski definition) is 1. The summed E-state index contributed by atoms with van der Waals surface area (Å²) in [5.41, 5.74) is 0.657. The van der Waals surface area contributed by atoms with Crippen molar-refractivity contribution in [2.24, 2.45) is 0 Å². The molecule has 0 amide bonds. The lowest BCUT2D eigenvalue weighted by Gasteiger charge is -2.36. The summed E-state index contributed by atoms with van der Waals surface area (Å²) in [4.78, 5) is 10.3. The molecular formula is C14H20N2O4. The molecule has 1 N–H and O–H groups in total. The van der Waals surface area contributed by atoms with E-state index in [1.807, 2.05) is 0 Å². The maximum Gasteiger partial charge on any atom is 0.273 e. The van der Waals surface area contributed by atoms with Gasteiger partial charge in [-0.2, -0.15) is 0 Å². The Labute approximate surface area is 118 Å². The standard InChI is InChI=1S/C14H20N2O4/c1-14(2)9-10(6-7-20-14)15-12-5-4-11(16(17)18)8-13(12)19-3/h4-5,8,10,15H,6-7,9H2,1-3H3. The highest BCUT2D eigenvalue weighted by atomic mass is 16.6. The van der Waals surface area contributed by atoms with Crippen LogP contribution >= 0.6 is 0 Å². The molecule has 0 aromatic heterocycles. The Morgan fingerprint density at radius 3 is 2.85 bits per heavy atom. The second kappa shape index (κ2) is 5.66. The van der Waals surface area contributed by atoms with Crippen LogP contribution in [0.3, 0.4) is 0 Å². The molecule has 1 heterocycles. The summed E-state index contributed by atoms with van der Waals surface area (Å²) in [6.45, 7) is 4.84. The molecule has 1 aliphatic rings. The van der Waals surface area contributed by atoms with E-state index in [4.69, 9.17) is 9.47 Å². The van der Waals surface area contributed by atoms with Crippen molar-refractivity contribution in [3.8, 4) is 5.75 Å². The number of nitrogens with zero attached hydrogens (tertiary/aromatic N) is 1. The first-order chi connectivity index (χ1) is 9.41. The Balaban J connectivity index is 2.14. The molecule has 1 aliphatic heterocycles. The fraction of sp³-hybridized carbons (Fsp3) is 0.571. The maximum absolute atomic E-state index is 10.8. The molecule has 20 heavy (non-hydrogen) atoms. The average molecular weight is 280 g/mol. The molecular weight excluding hydrogens is 260 g/mol. The van der Waals surface area contributed by atoms with Crippen LogP contribution in [0.1, 0.15) is 26.7 Å². The van der Waals surface area contributed by atoms with Crippen LogP contribution in [-0.2, 0) is 4.74 Å². The van der Waals surface area contributed by atoms with E-state index in [1.54, 1.807) is 6.07 Å². The molecule has 1 aromatic carbocycles. The van der Waals surface area contributed by atoms with E-state index in [2.05, 4.69) is 19.2 Å². The third-order valence-corrected chi connectivity index (χ3v) is 3.45. The SMILES string of the molecule is COc1cc([N+](=O)[O-])ccc1NC1CCOC(C)(C)C1. The van der Waals surface area contributed by atoms with Gasteiger partial charge in [0.2, 0.25) is 0 Å². The summed E-state index contributed by atoms with van der Waals surface area (Å²) >= 11 is 0. The summed E-state index contributed by atoms with van der Waals surface area (Å²) < 4.78 is 10.9. The zero-order valence-corrected chi connectivity index (χ0v) is 12.0. The number of nitro benzene ring substituents is 1. The number of nitro groups is 1. The molecule has 1 unspecified atom stereocenters. The van der Waals surface area contributed by atoms with Gasteiger partial charge in [0.25, 0.3) is 5.69 Å². The van der Waals surface area contributed by atoms with Crippen molar-refractivity contribution in [1.82, 2.24) is 0 Å². The van der Waals surface area contributed by atoms with Crippen LogP contribution in [0.5, 0.6) is 5.75 Å². The van der Waals surface area contributed by atoms with Crippen molar-refractivity contribution < 1.29 is 14.4 Å². The van der Waals surface area contributed by atoms with Gasteiger partial charge in [-0.05, 0) is 32.8 Å². The second-order valence-electron chi connectivity index (χ2n) is 5.58. The molecule has 0 bridgehead atoms. The summed E-state index contributed by atoms with van der Waals surface area (Å²) in [7, 11) is 1.51. The lowest BCUT2D eigenvalue weighted by Crippen LogP contribution is -2.40. The lowest BCUT2D eigenvalue weighted by atomic mass is 9.94. The van der Waals surface area contributed by atoms with Gasteiger partial charge in [0, 0.05) is 18.7 Å². The number of ether oxygens (including phenoxy) is 2. The zero-order chi connectivity index (χ0) is 14.8. The van der Waals surface area contributed by atoms with Crippen LogP contribution in [0.4, 0.5) is 11.4 Å². The van der Waals surface area contributed by atoms with Crippen LogP contribution in [0.15, 0.2) is 18.2 Å². The van der Waals surface area contributed by atoms with Crippen LogP contribution in [0.2, 0.25) is 0 Å². The minimum atomic E-state index is -0.427. The zero-order valence-electron chi connectivity index (χ0n) is 12.0. The molecule has 1 atom stereocenters. The molecule has 0 spiro atoms. The fourth-order valence-corrected chi connectivity index (χ4v) is 2.49. The highest BCUT2D eigenvalue weighted by molar-refractivity contribution is 5.61. The Morgan fingerprint density at radius 1 is 1.50 bits per heavy atom. The minimum absolute atomic E-state index is 0.0275. The quantitative estimate of drug-likeness (QED) is 0.678. The Kier molecular flexibility index (Phi) is 4.13. The number of rotatable bonds is 4. The van der Waals surface area contributed by atoms with Gasteiger partial charge in [-0.1, -0.05) is 0 Å². The molecule has 2 rings (SSSR count). The van der Waals surface area contributed by atoms with E-state index < -0.39 is 4.92 Å². The van der Waals surface area contributed by atoms with Crippen LogP contribution in [0, 0.1) is 10.1 Å². The molecule has 6 nitrogen and oxygen atoms in total. The van der Waals surface area contributed by atoms with Gasteiger partial charge >= 0.3 is 0 Å². The second-order valence-corrected chi connectivity index (χ2v) is 5.58. The van der Waals surface area contributed by atoms with Crippen molar-refractivity contribution in [2.75, 3.05) is 19.0 Å². The van der Waals surface area contributed by atoms with Crippen molar-refractivity contribution in [3.63, 3.8) is 0 Å². The first-order valence-corrected chi connectivity index (χ1v) is 6.64. The number of hydrogen-bond acceptors (Lipinski definition) is 5. The summed E-state index contributed by atoms with van der Waals surface area (Å²) in [6.07, 6.45) is 1.79. The third kappa shape index (κ3) is 3.39. The average Bonchev–Trinajstić information content (AvgIpc) is 2.37. The number of methoxy groups -OCH3 is 1. The number of anilines is 1. The Morgan fingerprint density at radius 2 is 2.25 bits per heavy atom.